The van der Waals surface area contributed by atoms with Crippen LogP contribution >= 0.6 is 0 Å². The van der Waals surface area contributed by atoms with Crippen LogP contribution in [0, 0.1) is 0 Å². The highest BCUT2D eigenvalue weighted by Crippen LogP contribution is 2.14. The van der Waals surface area contributed by atoms with E-state index in [-0.39, 0.29) is 4.90 Å². The molecule has 7 nitrogen and oxygen atoms in total. The summed E-state index contributed by atoms with van der Waals surface area (Å²) >= 11 is 0. The van der Waals surface area contributed by atoms with E-state index in [2.05, 4.69) is 15.5 Å². The van der Waals surface area contributed by atoms with Crippen molar-refractivity contribution in [3.63, 3.8) is 0 Å². The van der Waals surface area contributed by atoms with Gasteiger partial charge in [-0.15, -0.1) is 0 Å². The lowest BCUT2D eigenvalue weighted by molar-refractivity contribution is 0.598. The molecule has 0 fully saturated rings. The molecule has 0 spiro atoms. The molecule has 2 rings (SSSR count). The molecule has 0 aliphatic rings. The maximum Gasteiger partial charge on any atom is 0.238 e. The Morgan fingerprint density at radius 2 is 1.94 bits per heavy atom. The highest BCUT2D eigenvalue weighted by Gasteiger charge is 2.06. The summed E-state index contributed by atoms with van der Waals surface area (Å²) in [4.78, 5) is 0.0795. The Labute approximate surface area is 104 Å². The van der Waals surface area contributed by atoms with Gasteiger partial charge in [-0.05, 0) is 24.3 Å². The van der Waals surface area contributed by atoms with E-state index in [1.54, 1.807) is 18.3 Å². The third-order valence-corrected chi connectivity index (χ3v) is 3.35. The number of sulfonamides is 1. The van der Waals surface area contributed by atoms with Crippen LogP contribution in [0.2, 0.25) is 0 Å². The van der Waals surface area contributed by atoms with Gasteiger partial charge in [0.2, 0.25) is 10.0 Å². The van der Waals surface area contributed by atoms with E-state index in [1.165, 1.54) is 12.1 Å². The molecule has 0 unspecified atom stereocenters. The Morgan fingerprint density at radius 3 is 2.44 bits per heavy atom. The Bertz CT molecular complexity index is 633. The number of anilines is 2. The fourth-order valence-corrected chi connectivity index (χ4v) is 1.94. The molecule has 0 atom stereocenters. The van der Waals surface area contributed by atoms with Crippen molar-refractivity contribution in [3.8, 4) is 0 Å². The van der Waals surface area contributed by atoms with Gasteiger partial charge < -0.3 is 11.1 Å². The minimum atomic E-state index is -3.65. The van der Waals surface area contributed by atoms with E-state index in [0.717, 1.165) is 11.3 Å². The number of hydrogen-bond donors (Lipinski definition) is 4. The summed E-state index contributed by atoms with van der Waals surface area (Å²) in [6, 6.07) is 6.15. The van der Waals surface area contributed by atoms with Crippen molar-refractivity contribution in [2.24, 2.45) is 5.14 Å². The number of hydrogen-bond acceptors (Lipinski definition) is 5. The number of primary sulfonamides is 1. The number of benzene rings is 1. The van der Waals surface area contributed by atoms with Gasteiger partial charge in [-0.1, -0.05) is 0 Å². The van der Waals surface area contributed by atoms with Crippen molar-refractivity contribution in [2.45, 2.75) is 11.4 Å². The van der Waals surface area contributed by atoms with Crippen LogP contribution in [-0.2, 0) is 16.6 Å². The predicted octanol–water partition coefficient (Wildman–Crippen LogP) is 0.251. The second kappa shape index (κ2) is 4.67. The Kier molecular flexibility index (Phi) is 3.21. The average molecular weight is 267 g/mol. The van der Waals surface area contributed by atoms with Gasteiger partial charge in [0.25, 0.3) is 0 Å². The number of nitrogens with zero attached hydrogens (tertiary/aromatic N) is 1. The molecule has 96 valence electrons. The van der Waals surface area contributed by atoms with E-state index in [9.17, 15) is 8.42 Å². The maximum atomic E-state index is 11.1. The van der Waals surface area contributed by atoms with Crippen LogP contribution in [0.15, 0.2) is 35.4 Å². The highest BCUT2D eigenvalue weighted by molar-refractivity contribution is 7.89. The first kappa shape index (κ1) is 12.4. The van der Waals surface area contributed by atoms with E-state index in [0.29, 0.717) is 12.4 Å². The van der Waals surface area contributed by atoms with Crippen LogP contribution in [-0.4, -0.2) is 18.6 Å². The molecule has 2 aromatic rings. The number of nitrogens with one attached hydrogen (secondary N) is 2. The number of nitrogen functional groups attached to an aromatic ring is 1. The summed E-state index contributed by atoms with van der Waals surface area (Å²) in [5.41, 5.74) is 7.24. The van der Waals surface area contributed by atoms with Crippen molar-refractivity contribution in [3.05, 3.63) is 36.0 Å². The molecule has 1 aromatic carbocycles. The normalized spacial score (nSPS) is 11.4. The van der Waals surface area contributed by atoms with Crippen LogP contribution in [0.5, 0.6) is 0 Å². The molecule has 0 aliphatic heterocycles. The first-order chi connectivity index (χ1) is 8.47. The van der Waals surface area contributed by atoms with Crippen LogP contribution in [0.3, 0.4) is 0 Å². The molecule has 0 aliphatic carbocycles. The first-order valence-electron chi connectivity index (χ1n) is 5.11. The zero-order chi connectivity index (χ0) is 13.2. The average Bonchev–Trinajstić information content (AvgIpc) is 2.72. The minimum Gasteiger partial charge on any atom is -0.384 e. The quantitative estimate of drug-likeness (QED) is 0.631. The molecule has 0 bridgehead atoms. The van der Waals surface area contributed by atoms with Crippen molar-refractivity contribution in [1.29, 1.82) is 0 Å². The van der Waals surface area contributed by atoms with Crippen molar-refractivity contribution in [2.75, 3.05) is 11.1 Å². The maximum absolute atomic E-state index is 11.1. The fourth-order valence-electron chi connectivity index (χ4n) is 1.42. The van der Waals surface area contributed by atoms with E-state index in [4.69, 9.17) is 10.9 Å². The third-order valence-electron chi connectivity index (χ3n) is 2.42. The molecule has 0 radical (unpaired) electrons. The Morgan fingerprint density at radius 1 is 1.28 bits per heavy atom. The van der Waals surface area contributed by atoms with Gasteiger partial charge in [0.1, 0.15) is 5.82 Å². The van der Waals surface area contributed by atoms with Gasteiger partial charge in [-0.25, -0.2) is 13.6 Å². The lowest BCUT2D eigenvalue weighted by Crippen LogP contribution is -2.12. The minimum absolute atomic E-state index is 0.0795. The zero-order valence-electron chi connectivity index (χ0n) is 9.42. The molecule has 8 heteroatoms. The van der Waals surface area contributed by atoms with Crippen molar-refractivity contribution >= 4 is 21.5 Å². The van der Waals surface area contributed by atoms with Crippen LogP contribution < -0.4 is 16.2 Å². The lowest BCUT2D eigenvalue weighted by atomic mass is 10.3. The highest BCUT2D eigenvalue weighted by atomic mass is 32.2. The van der Waals surface area contributed by atoms with Gasteiger partial charge in [0.15, 0.2) is 0 Å². The number of aromatic amines is 1. The summed E-state index contributed by atoms with van der Waals surface area (Å²) in [6.07, 6.45) is 1.63. The molecule has 6 N–H and O–H groups in total. The van der Waals surface area contributed by atoms with Crippen LogP contribution in [0.1, 0.15) is 5.56 Å². The molecular weight excluding hydrogens is 254 g/mol. The van der Waals surface area contributed by atoms with Crippen molar-refractivity contribution < 1.29 is 8.42 Å². The molecular formula is C10H13N5O2S. The summed E-state index contributed by atoms with van der Waals surface area (Å²) in [6.45, 7) is 0.497. The monoisotopic (exact) mass is 267 g/mol. The SMILES string of the molecule is Nc1[nH]ncc1CNc1ccc(S(N)(=O)=O)cc1. The molecule has 18 heavy (non-hydrogen) atoms. The molecule has 1 heterocycles. The number of nitrogens with two attached hydrogens (primary N) is 2. The summed E-state index contributed by atoms with van der Waals surface area (Å²) in [5, 5.41) is 14.5. The molecule has 1 aromatic heterocycles. The number of aromatic nitrogens is 2. The number of H-pyrrole nitrogens is 1. The van der Waals surface area contributed by atoms with E-state index in [1.807, 2.05) is 0 Å². The topological polar surface area (TPSA) is 127 Å². The largest absolute Gasteiger partial charge is 0.384 e. The smallest absolute Gasteiger partial charge is 0.238 e. The number of rotatable bonds is 4. The second-order valence-corrected chi connectivity index (χ2v) is 5.29. The summed E-state index contributed by atoms with van der Waals surface area (Å²) in [7, 11) is -3.65. The van der Waals surface area contributed by atoms with Gasteiger partial charge >= 0.3 is 0 Å². The van der Waals surface area contributed by atoms with E-state index < -0.39 is 10.0 Å². The summed E-state index contributed by atoms with van der Waals surface area (Å²) < 4.78 is 22.1. The van der Waals surface area contributed by atoms with E-state index >= 15 is 0 Å². The third kappa shape index (κ3) is 2.79. The zero-order valence-corrected chi connectivity index (χ0v) is 10.2. The molecule has 0 saturated carbocycles. The molecule has 0 saturated heterocycles. The van der Waals surface area contributed by atoms with Crippen LogP contribution in [0.4, 0.5) is 11.5 Å². The lowest BCUT2D eigenvalue weighted by Gasteiger charge is -2.06. The Hall–Kier alpha value is -2.06. The van der Waals surface area contributed by atoms with Crippen molar-refractivity contribution in [1.82, 2.24) is 10.2 Å². The predicted molar refractivity (Wildman–Crippen MR) is 68.1 cm³/mol. The van der Waals surface area contributed by atoms with Gasteiger partial charge in [-0.3, -0.25) is 5.10 Å². The van der Waals surface area contributed by atoms with Gasteiger partial charge in [0, 0.05) is 17.8 Å². The second-order valence-electron chi connectivity index (χ2n) is 3.73. The van der Waals surface area contributed by atoms with Crippen LogP contribution in [0.25, 0.3) is 0 Å². The first-order valence-corrected chi connectivity index (χ1v) is 6.66. The molecule has 0 amide bonds. The van der Waals surface area contributed by atoms with Gasteiger partial charge in [-0.2, -0.15) is 5.10 Å². The van der Waals surface area contributed by atoms with Gasteiger partial charge in [0.05, 0.1) is 11.1 Å². The standard InChI is InChI=1S/C10H13N5O2S/c11-10-7(6-14-15-10)5-13-8-1-3-9(4-2-8)18(12,16)17/h1-4,6,13H,5H2,(H3,11,14,15)(H2,12,16,17). The summed E-state index contributed by atoms with van der Waals surface area (Å²) in [5.74, 6) is 0.503. The Balaban J connectivity index is 2.05. The fraction of sp³-hybridized carbons (Fsp3) is 0.100.